The summed E-state index contributed by atoms with van der Waals surface area (Å²) >= 11 is 0. The summed E-state index contributed by atoms with van der Waals surface area (Å²) in [4.78, 5) is 13.2. The number of piperazine rings is 1. The van der Waals surface area contributed by atoms with Crippen LogP contribution in [-0.2, 0) is 6.54 Å². The monoisotopic (exact) mass is 377 g/mol. The van der Waals surface area contributed by atoms with Crippen molar-refractivity contribution in [3.8, 4) is 5.75 Å². The van der Waals surface area contributed by atoms with Gasteiger partial charge in [-0.25, -0.2) is 0 Å². The van der Waals surface area contributed by atoms with Gasteiger partial charge in [-0.05, 0) is 42.0 Å². The first-order valence-electron chi connectivity index (χ1n) is 9.28. The van der Waals surface area contributed by atoms with Crippen molar-refractivity contribution < 1.29 is 4.74 Å². The summed E-state index contributed by atoms with van der Waals surface area (Å²) in [5.41, 5.74) is 2.34. The minimum absolute atomic E-state index is 0.661. The fourth-order valence-electron chi connectivity index (χ4n) is 3.16. The molecule has 2 aromatic heterocycles. The predicted octanol–water partition coefficient (Wildman–Crippen LogP) is 2.21. The molecule has 0 amide bonds. The highest BCUT2D eigenvalue weighted by molar-refractivity contribution is 5.51. The van der Waals surface area contributed by atoms with Crippen LogP contribution in [-0.4, -0.2) is 53.5 Å². The predicted molar refractivity (Wildman–Crippen MR) is 109 cm³/mol. The molecule has 1 aromatic carbocycles. The lowest BCUT2D eigenvalue weighted by Gasteiger charge is -2.36. The van der Waals surface area contributed by atoms with Crippen molar-refractivity contribution in [2.24, 2.45) is 0 Å². The first-order valence-corrected chi connectivity index (χ1v) is 9.28. The van der Waals surface area contributed by atoms with E-state index in [0.717, 1.165) is 43.3 Å². The van der Waals surface area contributed by atoms with Gasteiger partial charge in [0, 0.05) is 50.8 Å². The van der Waals surface area contributed by atoms with Crippen molar-refractivity contribution in [3.63, 3.8) is 0 Å². The average Bonchev–Trinajstić information content (AvgIpc) is 2.79. The lowest BCUT2D eigenvalue weighted by Crippen LogP contribution is -2.47. The van der Waals surface area contributed by atoms with Crippen molar-refractivity contribution in [1.82, 2.24) is 20.2 Å². The molecule has 1 saturated heterocycles. The molecule has 0 saturated carbocycles. The highest BCUT2D eigenvalue weighted by atomic mass is 16.5. The molecule has 144 valence electrons. The summed E-state index contributed by atoms with van der Waals surface area (Å²) in [7, 11) is 1.68. The van der Waals surface area contributed by atoms with Crippen molar-refractivity contribution in [2.75, 3.05) is 48.4 Å². The van der Waals surface area contributed by atoms with Crippen molar-refractivity contribution in [2.45, 2.75) is 6.54 Å². The van der Waals surface area contributed by atoms with E-state index >= 15 is 0 Å². The van der Waals surface area contributed by atoms with Gasteiger partial charge in [-0.15, -0.1) is 5.10 Å². The SMILES string of the molecule is COc1ccc(N2CCN(c3nncc(NCc4ccncc4)n3)CC2)cc1. The number of pyridine rings is 1. The van der Waals surface area contributed by atoms with Crippen molar-refractivity contribution in [1.29, 1.82) is 0 Å². The van der Waals surface area contributed by atoms with Crippen LogP contribution in [0.3, 0.4) is 0 Å². The molecule has 0 unspecified atom stereocenters. The number of rotatable bonds is 6. The fourth-order valence-corrected chi connectivity index (χ4v) is 3.16. The van der Waals surface area contributed by atoms with Gasteiger partial charge in [0.15, 0.2) is 5.82 Å². The van der Waals surface area contributed by atoms with E-state index in [9.17, 15) is 0 Å². The van der Waals surface area contributed by atoms with Crippen LogP contribution in [0.15, 0.2) is 55.0 Å². The molecule has 3 aromatic rings. The molecule has 8 heteroatoms. The highest BCUT2D eigenvalue weighted by Gasteiger charge is 2.20. The number of ether oxygens (including phenoxy) is 1. The standard InChI is InChI=1S/C20H23N7O/c1-28-18-4-2-17(3-5-18)26-10-12-27(13-11-26)20-24-19(15-23-25-20)22-14-16-6-8-21-9-7-16/h2-9,15H,10-14H2,1H3,(H,22,24,25). The van der Waals surface area contributed by atoms with Gasteiger partial charge >= 0.3 is 0 Å². The molecule has 0 atom stereocenters. The summed E-state index contributed by atoms with van der Waals surface area (Å²) in [6.45, 7) is 4.18. The maximum atomic E-state index is 5.23. The number of methoxy groups -OCH3 is 1. The number of aromatic nitrogens is 4. The molecule has 1 fully saturated rings. The zero-order valence-corrected chi connectivity index (χ0v) is 15.8. The van der Waals surface area contributed by atoms with E-state index in [-0.39, 0.29) is 0 Å². The van der Waals surface area contributed by atoms with Gasteiger partial charge < -0.3 is 19.9 Å². The smallest absolute Gasteiger partial charge is 0.247 e. The van der Waals surface area contributed by atoms with Gasteiger partial charge in [0.05, 0.1) is 13.3 Å². The van der Waals surface area contributed by atoms with E-state index in [1.54, 1.807) is 25.7 Å². The molecule has 0 aliphatic carbocycles. The Morgan fingerprint density at radius 2 is 1.68 bits per heavy atom. The van der Waals surface area contributed by atoms with Crippen LogP contribution < -0.4 is 19.9 Å². The molecule has 28 heavy (non-hydrogen) atoms. The van der Waals surface area contributed by atoms with Gasteiger partial charge in [0.1, 0.15) is 5.75 Å². The fraction of sp³-hybridized carbons (Fsp3) is 0.300. The molecule has 0 spiro atoms. The Morgan fingerprint density at radius 1 is 0.964 bits per heavy atom. The zero-order valence-electron chi connectivity index (χ0n) is 15.8. The maximum absolute atomic E-state index is 5.23. The number of nitrogens with zero attached hydrogens (tertiary/aromatic N) is 6. The molecule has 0 bridgehead atoms. The molecular weight excluding hydrogens is 354 g/mol. The molecule has 1 aliphatic rings. The number of nitrogens with one attached hydrogen (secondary N) is 1. The summed E-state index contributed by atoms with van der Waals surface area (Å²) < 4.78 is 5.23. The van der Waals surface area contributed by atoms with E-state index in [1.807, 2.05) is 24.3 Å². The van der Waals surface area contributed by atoms with Gasteiger partial charge in [0.2, 0.25) is 5.95 Å². The third kappa shape index (κ3) is 4.28. The van der Waals surface area contributed by atoms with Gasteiger partial charge in [-0.3, -0.25) is 4.98 Å². The Hall–Kier alpha value is -3.42. The Kier molecular flexibility index (Phi) is 5.46. The molecule has 4 rings (SSSR count). The summed E-state index contributed by atoms with van der Waals surface area (Å²) in [5.74, 6) is 2.26. The largest absolute Gasteiger partial charge is 0.497 e. The maximum Gasteiger partial charge on any atom is 0.247 e. The van der Waals surface area contributed by atoms with Crippen LogP contribution in [0.1, 0.15) is 5.56 Å². The molecule has 8 nitrogen and oxygen atoms in total. The van der Waals surface area contributed by atoms with Crippen molar-refractivity contribution in [3.05, 3.63) is 60.6 Å². The number of anilines is 3. The molecule has 1 aliphatic heterocycles. The Balaban J connectivity index is 1.35. The topological polar surface area (TPSA) is 79.3 Å². The molecule has 1 N–H and O–H groups in total. The summed E-state index contributed by atoms with van der Waals surface area (Å²) in [5, 5.41) is 11.6. The van der Waals surface area contributed by atoms with Gasteiger partial charge in [0.25, 0.3) is 0 Å². The minimum Gasteiger partial charge on any atom is -0.497 e. The van der Waals surface area contributed by atoms with Gasteiger partial charge in [-0.1, -0.05) is 0 Å². The Morgan fingerprint density at radius 3 is 2.39 bits per heavy atom. The summed E-state index contributed by atoms with van der Waals surface area (Å²) in [6, 6.07) is 12.1. The van der Waals surface area contributed by atoms with Crippen molar-refractivity contribution >= 4 is 17.5 Å². The third-order valence-electron chi connectivity index (χ3n) is 4.77. The van der Waals surface area contributed by atoms with Crippen LogP contribution in [0, 0.1) is 0 Å². The summed E-state index contributed by atoms with van der Waals surface area (Å²) in [6.07, 6.45) is 5.21. The third-order valence-corrected chi connectivity index (χ3v) is 4.77. The molecule has 3 heterocycles. The van der Waals surface area contributed by atoms with E-state index < -0.39 is 0 Å². The Labute approximate surface area is 164 Å². The van der Waals surface area contributed by atoms with Crippen LogP contribution >= 0.6 is 0 Å². The van der Waals surface area contributed by atoms with Crippen LogP contribution in [0.2, 0.25) is 0 Å². The lowest BCUT2D eigenvalue weighted by atomic mass is 10.2. The normalized spacial score (nSPS) is 14.0. The minimum atomic E-state index is 0.661. The van der Waals surface area contributed by atoms with E-state index in [1.165, 1.54) is 5.69 Å². The average molecular weight is 377 g/mol. The lowest BCUT2D eigenvalue weighted by molar-refractivity contribution is 0.415. The van der Waals surface area contributed by atoms with Crippen LogP contribution in [0.4, 0.5) is 17.5 Å². The van der Waals surface area contributed by atoms with E-state index in [4.69, 9.17) is 4.74 Å². The first kappa shape index (κ1) is 18.0. The number of hydrogen-bond acceptors (Lipinski definition) is 8. The number of hydrogen-bond donors (Lipinski definition) is 1. The zero-order chi connectivity index (χ0) is 19.2. The second-order valence-corrected chi connectivity index (χ2v) is 6.52. The van der Waals surface area contributed by atoms with Gasteiger partial charge in [-0.2, -0.15) is 10.1 Å². The van der Waals surface area contributed by atoms with Crippen LogP contribution in [0.25, 0.3) is 0 Å². The van der Waals surface area contributed by atoms with E-state index in [2.05, 4.69) is 47.4 Å². The molecular formula is C20H23N7O. The quantitative estimate of drug-likeness (QED) is 0.700. The second kappa shape index (κ2) is 8.51. The molecule has 0 radical (unpaired) electrons. The first-order chi connectivity index (χ1) is 13.8. The van der Waals surface area contributed by atoms with E-state index in [0.29, 0.717) is 12.5 Å². The van der Waals surface area contributed by atoms with Crippen LogP contribution in [0.5, 0.6) is 5.75 Å². The second-order valence-electron chi connectivity index (χ2n) is 6.52. The number of benzene rings is 1. The Bertz CT molecular complexity index is 881. The highest BCUT2D eigenvalue weighted by Crippen LogP contribution is 2.21.